The molecule has 2 aromatic rings. The third kappa shape index (κ3) is 2.72. The molecule has 9 heteroatoms. The van der Waals surface area contributed by atoms with Gasteiger partial charge in [0.2, 0.25) is 0 Å². The van der Waals surface area contributed by atoms with Gasteiger partial charge in [-0.05, 0) is 30.0 Å². The average molecular weight is 294 g/mol. The van der Waals surface area contributed by atoms with Crippen LogP contribution in [0.1, 0.15) is 10.4 Å². The highest BCUT2D eigenvalue weighted by atomic mass is 32.2. The molecule has 0 unspecified atom stereocenters. The molecular weight excluding hydrogens is 284 g/mol. The first-order valence-corrected chi connectivity index (χ1v) is 6.18. The number of anilines is 1. The van der Waals surface area contributed by atoms with Crippen LogP contribution in [0.2, 0.25) is 0 Å². The molecule has 0 atom stereocenters. The minimum atomic E-state index is -1.12. The number of rotatable bonds is 3. The molecule has 0 radical (unpaired) electrons. The Morgan fingerprint density at radius 1 is 1.45 bits per heavy atom. The van der Waals surface area contributed by atoms with E-state index in [0.717, 1.165) is 11.8 Å². The molecule has 0 amide bonds. The van der Waals surface area contributed by atoms with Crippen molar-refractivity contribution in [3.63, 3.8) is 0 Å². The lowest BCUT2D eigenvalue weighted by Gasteiger charge is -2.08. The zero-order valence-electron chi connectivity index (χ0n) is 10.3. The molecule has 0 fully saturated rings. The van der Waals surface area contributed by atoms with E-state index in [1.807, 2.05) is 0 Å². The van der Waals surface area contributed by atoms with Crippen LogP contribution in [0.5, 0.6) is 0 Å². The summed E-state index contributed by atoms with van der Waals surface area (Å²) in [6, 6.07) is 4.29. The fourth-order valence-corrected chi connectivity index (χ4v) is 2.42. The molecule has 8 nitrogen and oxygen atoms in total. The van der Waals surface area contributed by atoms with Crippen molar-refractivity contribution in [2.24, 2.45) is 7.05 Å². The van der Waals surface area contributed by atoms with Gasteiger partial charge in [0.15, 0.2) is 5.16 Å². The number of aromatic carboxylic acids is 1. The molecule has 1 heterocycles. The second kappa shape index (κ2) is 5.21. The number of carboxylic acid groups (broad SMARTS) is 1. The highest BCUT2D eigenvalue weighted by molar-refractivity contribution is 7.99. The first kappa shape index (κ1) is 13.9. The van der Waals surface area contributed by atoms with Crippen LogP contribution in [0.25, 0.3) is 0 Å². The largest absolute Gasteiger partial charge is 0.478 e. The number of nitrogens with zero attached hydrogens (tertiary/aromatic N) is 2. The summed E-state index contributed by atoms with van der Waals surface area (Å²) in [5.41, 5.74) is 4.25. The monoisotopic (exact) mass is 294 g/mol. The molecule has 0 aliphatic rings. The topological polar surface area (TPSA) is 131 Å². The van der Waals surface area contributed by atoms with Gasteiger partial charge in [0, 0.05) is 17.6 Å². The molecule has 0 saturated heterocycles. The molecule has 0 spiro atoms. The molecule has 104 valence electrons. The van der Waals surface area contributed by atoms with E-state index in [0.29, 0.717) is 10.6 Å². The van der Waals surface area contributed by atoms with Gasteiger partial charge in [-0.15, -0.1) is 0 Å². The van der Waals surface area contributed by atoms with Gasteiger partial charge in [-0.2, -0.15) is 4.98 Å². The summed E-state index contributed by atoms with van der Waals surface area (Å²) in [5.74, 6) is -1.12. The van der Waals surface area contributed by atoms with Crippen molar-refractivity contribution in [2.45, 2.75) is 10.1 Å². The second-order valence-corrected chi connectivity index (χ2v) is 4.87. The van der Waals surface area contributed by atoms with Gasteiger partial charge < -0.3 is 10.8 Å². The molecule has 4 N–H and O–H groups in total. The van der Waals surface area contributed by atoms with Crippen LogP contribution in [-0.2, 0) is 7.05 Å². The second-order valence-electron chi connectivity index (χ2n) is 3.86. The van der Waals surface area contributed by atoms with E-state index in [4.69, 9.17) is 10.8 Å². The third-order valence-corrected chi connectivity index (χ3v) is 3.49. The van der Waals surface area contributed by atoms with Crippen LogP contribution in [-0.4, -0.2) is 25.8 Å². The molecule has 20 heavy (non-hydrogen) atoms. The summed E-state index contributed by atoms with van der Waals surface area (Å²) < 4.78 is 1.24. The maximum absolute atomic E-state index is 11.2. The van der Waals surface area contributed by atoms with Crippen LogP contribution in [0.4, 0.5) is 5.69 Å². The zero-order valence-corrected chi connectivity index (χ0v) is 11.1. The maximum atomic E-state index is 11.2. The van der Waals surface area contributed by atoms with Gasteiger partial charge in [0.05, 0.1) is 5.56 Å². The lowest BCUT2D eigenvalue weighted by atomic mass is 10.2. The van der Waals surface area contributed by atoms with Gasteiger partial charge in [-0.1, -0.05) is 0 Å². The van der Waals surface area contributed by atoms with Gasteiger partial charge in [0.1, 0.15) is 0 Å². The molecule has 0 aliphatic carbocycles. The van der Waals surface area contributed by atoms with Crippen molar-refractivity contribution < 1.29 is 9.90 Å². The number of H-pyrrole nitrogens is 1. The molecule has 0 aliphatic heterocycles. The Labute approximate surface area is 116 Å². The van der Waals surface area contributed by atoms with Crippen LogP contribution >= 0.6 is 11.8 Å². The molecule has 0 bridgehead atoms. The number of carbonyl (C=O) groups is 1. The zero-order chi connectivity index (χ0) is 14.9. The molecule has 1 aromatic carbocycles. The van der Waals surface area contributed by atoms with Gasteiger partial charge in [0.25, 0.3) is 0 Å². The highest BCUT2D eigenvalue weighted by Crippen LogP contribution is 2.29. The van der Waals surface area contributed by atoms with E-state index in [1.165, 1.54) is 29.9 Å². The lowest BCUT2D eigenvalue weighted by Crippen LogP contribution is -2.33. The molecular formula is C11H10N4O4S. The predicted molar refractivity (Wildman–Crippen MR) is 72.0 cm³/mol. The lowest BCUT2D eigenvalue weighted by molar-refractivity contribution is 0.0693. The minimum absolute atomic E-state index is 0.0321. The Hall–Kier alpha value is -2.55. The number of nitrogens with one attached hydrogen (secondary N) is 1. The number of aromatic amines is 1. The summed E-state index contributed by atoms with van der Waals surface area (Å²) in [6.45, 7) is 0. The van der Waals surface area contributed by atoms with Crippen LogP contribution < -0.4 is 16.9 Å². The molecule has 0 saturated carbocycles. The first-order valence-electron chi connectivity index (χ1n) is 5.36. The third-order valence-electron chi connectivity index (χ3n) is 2.38. The van der Waals surface area contributed by atoms with E-state index in [9.17, 15) is 14.4 Å². The Morgan fingerprint density at radius 2 is 2.15 bits per heavy atom. The van der Waals surface area contributed by atoms with E-state index >= 15 is 0 Å². The molecule has 1 aromatic heterocycles. The van der Waals surface area contributed by atoms with Crippen molar-refractivity contribution in [2.75, 3.05) is 5.73 Å². The summed E-state index contributed by atoms with van der Waals surface area (Å²) >= 11 is 0.927. The summed E-state index contributed by atoms with van der Waals surface area (Å²) in [4.78, 5) is 37.4. The smallest absolute Gasteiger partial charge is 0.339 e. The van der Waals surface area contributed by atoms with Crippen molar-refractivity contribution in [1.29, 1.82) is 0 Å². The summed E-state index contributed by atoms with van der Waals surface area (Å²) in [6.07, 6.45) is 0. The van der Waals surface area contributed by atoms with E-state index in [-0.39, 0.29) is 10.7 Å². The minimum Gasteiger partial charge on any atom is -0.478 e. The van der Waals surface area contributed by atoms with E-state index in [2.05, 4.69) is 10.1 Å². The Bertz CT molecular complexity index is 796. The number of benzene rings is 1. The molecule has 2 rings (SSSR count). The summed E-state index contributed by atoms with van der Waals surface area (Å²) in [5, 5.41) is 11.5. The fourth-order valence-electron chi connectivity index (χ4n) is 1.45. The van der Waals surface area contributed by atoms with Crippen molar-refractivity contribution in [1.82, 2.24) is 14.8 Å². The van der Waals surface area contributed by atoms with Crippen LogP contribution in [0.15, 0.2) is 37.8 Å². The van der Waals surface area contributed by atoms with Crippen molar-refractivity contribution in [3.05, 3.63) is 44.5 Å². The number of aromatic nitrogens is 3. The SMILES string of the molecule is Cn1[nH]c(=O)c(=O)nc1Sc1cc(N)ccc1C(=O)O. The number of aryl methyl sites for hydroxylation is 1. The standard InChI is InChI=1S/C11H10N4O4S/c1-15-11(13-8(16)9(17)14-15)20-7-4-5(12)2-3-6(7)10(18)19/h2-4H,12H2,1H3,(H,14,17)(H,18,19). The van der Waals surface area contributed by atoms with E-state index in [1.54, 1.807) is 0 Å². The van der Waals surface area contributed by atoms with Crippen LogP contribution in [0, 0.1) is 0 Å². The fraction of sp³-hybridized carbons (Fsp3) is 0.0909. The summed E-state index contributed by atoms with van der Waals surface area (Å²) in [7, 11) is 1.49. The van der Waals surface area contributed by atoms with Gasteiger partial charge in [-0.25, -0.2) is 4.79 Å². The maximum Gasteiger partial charge on any atom is 0.339 e. The Kier molecular flexibility index (Phi) is 3.61. The predicted octanol–water partition coefficient (Wildman–Crippen LogP) is -0.0998. The number of hydrogen-bond donors (Lipinski definition) is 3. The normalized spacial score (nSPS) is 10.4. The average Bonchev–Trinajstić information content (AvgIpc) is 2.35. The van der Waals surface area contributed by atoms with Crippen molar-refractivity contribution in [3.8, 4) is 0 Å². The van der Waals surface area contributed by atoms with Gasteiger partial charge >= 0.3 is 17.1 Å². The Morgan fingerprint density at radius 3 is 2.80 bits per heavy atom. The number of carboxylic acids is 1. The van der Waals surface area contributed by atoms with Gasteiger partial charge in [-0.3, -0.25) is 19.4 Å². The number of nitrogen functional groups attached to an aromatic ring is 1. The number of nitrogens with two attached hydrogens (primary N) is 1. The quantitative estimate of drug-likeness (QED) is 0.532. The van der Waals surface area contributed by atoms with Crippen LogP contribution in [0.3, 0.4) is 0 Å². The highest BCUT2D eigenvalue weighted by Gasteiger charge is 2.14. The number of hydrogen-bond acceptors (Lipinski definition) is 6. The van der Waals surface area contributed by atoms with E-state index < -0.39 is 17.1 Å². The van der Waals surface area contributed by atoms with Crippen molar-refractivity contribution >= 4 is 23.4 Å². The Balaban J connectivity index is 2.52. The first-order chi connectivity index (χ1) is 9.38.